The molecule has 0 aliphatic carbocycles. The van der Waals surface area contributed by atoms with Gasteiger partial charge in [0, 0.05) is 18.5 Å². The molecule has 2 aromatic heterocycles. The van der Waals surface area contributed by atoms with Crippen LogP contribution in [0.4, 0.5) is 14.6 Å². The quantitative estimate of drug-likeness (QED) is 0.678. The van der Waals surface area contributed by atoms with E-state index in [9.17, 15) is 8.78 Å². The summed E-state index contributed by atoms with van der Waals surface area (Å²) in [6, 6.07) is 7.14. The van der Waals surface area contributed by atoms with Gasteiger partial charge in [0.05, 0.1) is 5.52 Å². The van der Waals surface area contributed by atoms with Crippen molar-refractivity contribution < 1.29 is 8.78 Å². The second-order valence-electron chi connectivity index (χ2n) is 5.08. The molecule has 0 atom stereocenters. The predicted octanol–water partition coefficient (Wildman–Crippen LogP) is 3.05. The second-order valence-corrected chi connectivity index (χ2v) is 5.08. The lowest BCUT2D eigenvalue weighted by molar-refractivity contribution is 0.141. The first kappa shape index (κ1) is 15.3. The van der Waals surface area contributed by atoms with Crippen molar-refractivity contribution in [2.24, 2.45) is 0 Å². The van der Waals surface area contributed by atoms with Crippen LogP contribution in [-0.4, -0.2) is 31.3 Å². The lowest BCUT2D eigenvalue weighted by Gasteiger charge is -2.10. The number of para-hydroxylation sites is 1. The number of aryl methyl sites for hydroxylation is 1. The maximum atomic E-state index is 12.9. The number of rotatable bonds is 7. The lowest BCUT2D eigenvalue weighted by atomic mass is 10.2. The molecule has 0 saturated heterocycles. The van der Waals surface area contributed by atoms with E-state index < -0.39 is 12.2 Å². The van der Waals surface area contributed by atoms with Crippen molar-refractivity contribution in [1.29, 1.82) is 0 Å². The minimum absolute atomic E-state index is 0.448. The third-order valence-corrected chi connectivity index (χ3v) is 3.42. The summed E-state index contributed by atoms with van der Waals surface area (Å²) < 4.78 is 27.7. The van der Waals surface area contributed by atoms with Crippen LogP contribution >= 0.6 is 0 Å². The summed E-state index contributed by atoms with van der Waals surface area (Å²) in [5.41, 5.74) is 0.518. The molecule has 23 heavy (non-hydrogen) atoms. The number of fused-ring (bicyclic) bond motifs is 1. The van der Waals surface area contributed by atoms with Crippen LogP contribution < -0.4 is 5.32 Å². The van der Waals surface area contributed by atoms with Gasteiger partial charge < -0.3 is 9.88 Å². The number of nitrogens with one attached hydrogen (secondary N) is 1. The van der Waals surface area contributed by atoms with Crippen LogP contribution in [0.25, 0.3) is 10.9 Å². The van der Waals surface area contributed by atoms with E-state index in [-0.39, 0.29) is 0 Å². The smallest absolute Gasteiger partial charge is 0.297 e. The van der Waals surface area contributed by atoms with E-state index in [1.165, 1.54) is 0 Å². The molecule has 0 spiro atoms. The lowest BCUT2D eigenvalue weighted by Crippen LogP contribution is -2.08. The average molecular weight is 318 g/mol. The van der Waals surface area contributed by atoms with E-state index in [1.807, 2.05) is 16.7 Å². The van der Waals surface area contributed by atoms with Crippen LogP contribution in [0.1, 0.15) is 25.1 Å². The van der Waals surface area contributed by atoms with Gasteiger partial charge in [-0.25, -0.2) is 18.7 Å². The topological polar surface area (TPSA) is 68.5 Å². The van der Waals surface area contributed by atoms with Crippen molar-refractivity contribution in [2.75, 3.05) is 11.9 Å². The third-order valence-electron chi connectivity index (χ3n) is 3.42. The van der Waals surface area contributed by atoms with Crippen molar-refractivity contribution in [3.05, 3.63) is 42.7 Å². The molecule has 8 heteroatoms. The van der Waals surface area contributed by atoms with Crippen molar-refractivity contribution in [3.63, 3.8) is 0 Å². The van der Waals surface area contributed by atoms with Crippen LogP contribution in [-0.2, 0) is 6.54 Å². The van der Waals surface area contributed by atoms with E-state index in [2.05, 4.69) is 25.5 Å². The number of benzene rings is 1. The van der Waals surface area contributed by atoms with Gasteiger partial charge in [-0.3, -0.25) is 0 Å². The minimum atomic E-state index is -2.69. The predicted molar refractivity (Wildman–Crippen MR) is 82.2 cm³/mol. The third kappa shape index (κ3) is 3.77. The number of hydrogen-bond donors (Lipinski definition) is 1. The summed E-state index contributed by atoms with van der Waals surface area (Å²) >= 11 is 0. The van der Waals surface area contributed by atoms with Crippen LogP contribution in [0, 0.1) is 0 Å². The van der Waals surface area contributed by atoms with Crippen molar-refractivity contribution >= 4 is 16.7 Å². The van der Waals surface area contributed by atoms with E-state index in [1.54, 1.807) is 24.8 Å². The summed E-state index contributed by atoms with van der Waals surface area (Å²) in [5.74, 6) is 0.00545. The molecule has 0 saturated carbocycles. The SMILES string of the molecule is FC(F)c1nc(NCCCCn2cnnc2)c2ccccc2n1. The van der Waals surface area contributed by atoms with Gasteiger partial charge in [0.25, 0.3) is 6.43 Å². The second kappa shape index (κ2) is 7.08. The van der Waals surface area contributed by atoms with Crippen LogP contribution in [0.5, 0.6) is 0 Å². The molecule has 3 rings (SSSR count). The maximum absolute atomic E-state index is 12.9. The Kier molecular flexibility index (Phi) is 4.70. The van der Waals surface area contributed by atoms with Gasteiger partial charge in [-0.2, -0.15) is 0 Å². The highest BCUT2D eigenvalue weighted by molar-refractivity contribution is 5.88. The zero-order valence-electron chi connectivity index (χ0n) is 12.4. The molecule has 0 amide bonds. The Morgan fingerprint density at radius 1 is 1.04 bits per heavy atom. The largest absolute Gasteiger partial charge is 0.369 e. The summed E-state index contributed by atoms with van der Waals surface area (Å²) in [7, 11) is 0. The Morgan fingerprint density at radius 3 is 2.61 bits per heavy atom. The van der Waals surface area contributed by atoms with Gasteiger partial charge >= 0.3 is 0 Å². The van der Waals surface area contributed by atoms with Gasteiger partial charge in [0.15, 0.2) is 5.82 Å². The van der Waals surface area contributed by atoms with Crippen molar-refractivity contribution in [3.8, 4) is 0 Å². The zero-order valence-corrected chi connectivity index (χ0v) is 12.4. The first-order valence-corrected chi connectivity index (χ1v) is 7.35. The molecule has 6 nitrogen and oxygen atoms in total. The van der Waals surface area contributed by atoms with E-state index in [0.29, 0.717) is 17.9 Å². The molecule has 0 unspecified atom stereocenters. The molecule has 1 N–H and O–H groups in total. The molecule has 0 aliphatic rings. The Morgan fingerprint density at radius 2 is 1.83 bits per heavy atom. The molecular formula is C15H16F2N6. The van der Waals surface area contributed by atoms with Gasteiger partial charge in [0.1, 0.15) is 18.5 Å². The number of hydrogen-bond acceptors (Lipinski definition) is 5. The summed E-state index contributed by atoms with van der Waals surface area (Å²) in [6.45, 7) is 1.47. The highest BCUT2D eigenvalue weighted by Gasteiger charge is 2.14. The fourth-order valence-corrected chi connectivity index (χ4v) is 2.29. The highest BCUT2D eigenvalue weighted by atomic mass is 19.3. The summed E-state index contributed by atoms with van der Waals surface area (Å²) in [6.07, 6.45) is 2.45. The Bertz CT molecular complexity index is 760. The fraction of sp³-hybridized carbons (Fsp3) is 0.333. The first-order valence-electron chi connectivity index (χ1n) is 7.35. The molecule has 3 aromatic rings. The number of unbranched alkanes of at least 4 members (excludes halogenated alkanes) is 1. The van der Waals surface area contributed by atoms with Crippen molar-refractivity contribution in [1.82, 2.24) is 24.7 Å². The Hall–Kier alpha value is -2.64. The van der Waals surface area contributed by atoms with Crippen LogP contribution in [0.3, 0.4) is 0 Å². The van der Waals surface area contributed by atoms with E-state index in [0.717, 1.165) is 24.8 Å². The molecule has 2 heterocycles. The number of anilines is 1. The van der Waals surface area contributed by atoms with E-state index in [4.69, 9.17) is 0 Å². The summed E-state index contributed by atoms with van der Waals surface area (Å²) in [4.78, 5) is 7.85. The number of halogens is 2. The molecular weight excluding hydrogens is 302 g/mol. The maximum Gasteiger partial charge on any atom is 0.297 e. The highest BCUT2D eigenvalue weighted by Crippen LogP contribution is 2.24. The monoisotopic (exact) mass is 318 g/mol. The van der Waals surface area contributed by atoms with Crippen LogP contribution in [0.2, 0.25) is 0 Å². The zero-order chi connectivity index (χ0) is 16.1. The summed E-state index contributed by atoms with van der Waals surface area (Å²) in [5, 5.41) is 11.4. The molecule has 0 radical (unpaired) electrons. The molecule has 0 bridgehead atoms. The van der Waals surface area contributed by atoms with Gasteiger partial charge in [0.2, 0.25) is 0 Å². The standard InChI is InChI=1S/C15H16F2N6/c16-13(17)15-21-12-6-2-1-5-11(12)14(22-15)18-7-3-4-8-23-9-19-20-10-23/h1-2,5-6,9-10,13H,3-4,7-8H2,(H,18,21,22). The molecule has 1 aromatic carbocycles. The number of aromatic nitrogens is 5. The molecule has 120 valence electrons. The van der Waals surface area contributed by atoms with Gasteiger partial charge in [-0.05, 0) is 25.0 Å². The minimum Gasteiger partial charge on any atom is -0.369 e. The van der Waals surface area contributed by atoms with Crippen LogP contribution in [0.15, 0.2) is 36.9 Å². The number of alkyl halides is 2. The molecule has 0 fully saturated rings. The van der Waals surface area contributed by atoms with E-state index >= 15 is 0 Å². The molecule has 0 aliphatic heterocycles. The van der Waals surface area contributed by atoms with Crippen molar-refractivity contribution in [2.45, 2.75) is 25.8 Å². The first-order chi connectivity index (χ1) is 11.2. The number of nitrogens with zero attached hydrogens (tertiary/aromatic N) is 5. The Labute approximate surface area is 131 Å². The van der Waals surface area contributed by atoms with Gasteiger partial charge in [-0.1, -0.05) is 12.1 Å². The average Bonchev–Trinajstić information content (AvgIpc) is 3.07. The normalized spacial score (nSPS) is 11.3. The fourth-order valence-electron chi connectivity index (χ4n) is 2.29. The van der Waals surface area contributed by atoms with Gasteiger partial charge in [-0.15, -0.1) is 10.2 Å². The Balaban J connectivity index is 1.64.